The van der Waals surface area contributed by atoms with E-state index in [0.29, 0.717) is 11.4 Å². The first-order valence-electron chi connectivity index (χ1n) is 5.06. The highest BCUT2D eigenvalue weighted by Crippen LogP contribution is 2.24. The van der Waals surface area contributed by atoms with Gasteiger partial charge in [-0.2, -0.15) is 5.10 Å². The molecule has 6 nitrogen and oxygen atoms in total. The van der Waals surface area contributed by atoms with Gasteiger partial charge >= 0.3 is 0 Å². The molecule has 0 atom stereocenters. The fraction of sp³-hybridized carbons (Fsp3) is 0.200. The molecule has 0 aromatic carbocycles. The molecule has 0 aliphatic rings. The molecule has 96 valence electrons. The van der Waals surface area contributed by atoms with Crippen molar-refractivity contribution in [3.05, 3.63) is 34.9 Å². The molecule has 2 aromatic heterocycles. The van der Waals surface area contributed by atoms with Gasteiger partial charge in [-0.1, -0.05) is 11.6 Å². The zero-order valence-electron chi connectivity index (χ0n) is 9.73. The largest absolute Gasteiger partial charge is 0.281 e. The van der Waals surface area contributed by atoms with Crippen LogP contribution in [-0.2, 0) is 10.0 Å². The lowest BCUT2D eigenvalue weighted by Crippen LogP contribution is -2.15. The van der Waals surface area contributed by atoms with Crippen molar-refractivity contribution in [1.29, 1.82) is 0 Å². The maximum atomic E-state index is 12.2. The Hall–Kier alpha value is -1.60. The molecule has 0 aliphatic heterocycles. The first kappa shape index (κ1) is 12.8. The molecular weight excluding hydrogens is 276 g/mol. The van der Waals surface area contributed by atoms with Gasteiger partial charge in [-0.15, -0.1) is 0 Å². The van der Waals surface area contributed by atoms with Crippen LogP contribution in [-0.4, -0.2) is 23.6 Å². The summed E-state index contributed by atoms with van der Waals surface area (Å²) in [6.07, 6.45) is 1.48. The van der Waals surface area contributed by atoms with E-state index in [-0.39, 0.29) is 15.7 Å². The number of aromatic amines is 1. The van der Waals surface area contributed by atoms with Gasteiger partial charge in [-0.05, 0) is 26.0 Å². The minimum Gasteiger partial charge on any atom is -0.281 e. The Balaban J connectivity index is 2.43. The van der Waals surface area contributed by atoms with E-state index in [1.807, 2.05) is 0 Å². The van der Waals surface area contributed by atoms with E-state index in [2.05, 4.69) is 19.9 Å². The van der Waals surface area contributed by atoms with E-state index in [4.69, 9.17) is 11.6 Å². The van der Waals surface area contributed by atoms with E-state index in [9.17, 15) is 8.42 Å². The molecule has 0 radical (unpaired) electrons. The Morgan fingerprint density at radius 3 is 2.67 bits per heavy atom. The number of hydrogen-bond acceptors (Lipinski definition) is 4. The Kier molecular flexibility index (Phi) is 3.27. The Labute approximate surface area is 109 Å². The van der Waals surface area contributed by atoms with Crippen molar-refractivity contribution in [3.63, 3.8) is 0 Å². The highest BCUT2D eigenvalue weighted by molar-refractivity contribution is 7.92. The number of sulfonamides is 1. The average molecular weight is 287 g/mol. The van der Waals surface area contributed by atoms with E-state index in [1.54, 1.807) is 19.9 Å². The summed E-state index contributed by atoms with van der Waals surface area (Å²) in [6, 6.07) is 3.14. The van der Waals surface area contributed by atoms with Crippen LogP contribution in [0.25, 0.3) is 0 Å². The zero-order valence-corrected chi connectivity index (χ0v) is 11.3. The van der Waals surface area contributed by atoms with Crippen molar-refractivity contribution in [1.82, 2.24) is 15.2 Å². The van der Waals surface area contributed by atoms with Crippen LogP contribution in [0.15, 0.2) is 23.2 Å². The second kappa shape index (κ2) is 4.58. The summed E-state index contributed by atoms with van der Waals surface area (Å²) in [6.45, 7) is 3.25. The van der Waals surface area contributed by atoms with Gasteiger partial charge in [0.2, 0.25) is 0 Å². The molecule has 0 bridgehead atoms. The van der Waals surface area contributed by atoms with Crippen LogP contribution in [0.3, 0.4) is 0 Å². The quantitative estimate of drug-likeness (QED) is 0.843. The normalized spacial score (nSPS) is 11.5. The molecular formula is C10H11ClN4O2S. The smallest absolute Gasteiger partial charge is 0.265 e. The van der Waals surface area contributed by atoms with E-state index in [1.165, 1.54) is 12.3 Å². The van der Waals surface area contributed by atoms with E-state index in [0.717, 1.165) is 0 Å². The molecule has 2 N–H and O–H groups in total. The van der Waals surface area contributed by atoms with Gasteiger partial charge in [0, 0.05) is 6.20 Å². The second-order valence-corrected chi connectivity index (χ2v) is 5.69. The lowest BCUT2D eigenvalue weighted by atomic mass is 10.4. The number of H-pyrrole nitrogens is 1. The highest BCUT2D eigenvalue weighted by Gasteiger charge is 2.23. The lowest BCUT2D eigenvalue weighted by molar-refractivity contribution is 0.600. The first-order chi connectivity index (χ1) is 8.42. The first-order valence-corrected chi connectivity index (χ1v) is 6.93. The molecule has 0 unspecified atom stereocenters. The fourth-order valence-corrected chi connectivity index (χ4v) is 3.26. The predicted octanol–water partition coefficient (Wildman–Crippen LogP) is 1.88. The Bertz CT molecular complexity index is 661. The van der Waals surface area contributed by atoms with Crippen molar-refractivity contribution in [2.24, 2.45) is 0 Å². The minimum absolute atomic E-state index is 0.0971. The molecule has 0 fully saturated rings. The molecule has 0 amide bonds. The molecule has 0 spiro atoms. The average Bonchev–Trinajstić information content (AvgIpc) is 2.62. The number of pyridine rings is 1. The van der Waals surface area contributed by atoms with Crippen LogP contribution in [0, 0.1) is 13.8 Å². The molecule has 18 heavy (non-hydrogen) atoms. The molecule has 0 aliphatic carbocycles. The van der Waals surface area contributed by atoms with E-state index >= 15 is 0 Å². The maximum Gasteiger partial charge on any atom is 0.265 e. The summed E-state index contributed by atoms with van der Waals surface area (Å²) in [5.41, 5.74) is 1.11. The molecule has 2 rings (SSSR count). The minimum atomic E-state index is -3.72. The standard InChI is InChI=1S/C10H11ClN4O2S/c1-6-9(7(2)14-13-6)18(16,17)15-8-4-3-5-12-10(8)11/h3-5,15H,1-2H3,(H,13,14). The second-order valence-electron chi connectivity index (χ2n) is 3.71. The van der Waals surface area contributed by atoms with Crippen molar-refractivity contribution in [2.45, 2.75) is 18.7 Å². The van der Waals surface area contributed by atoms with Crippen LogP contribution < -0.4 is 4.72 Å². The van der Waals surface area contributed by atoms with Gasteiger partial charge in [0.25, 0.3) is 10.0 Å². The third-order valence-corrected chi connectivity index (χ3v) is 4.26. The zero-order chi connectivity index (χ0) is 13.3. The number of rotatable bonds is 3. The topological polar surface area (TPSA) is 87.7 Å². The van der Waals surface area contributed by atoms with Gasteiger partial charge in [-0.3, -0.25) is 9.82 Å². The molecule has 0 saturated heterocycles. The number of aryl methyl sites for hydroxylation is 2. The van der Waals surface area contributed by atoms with Crippen LogP contribution in [0.4, 0.5) is 5.69 Å². The van der Waals surface area contributed by atoms with Crippen LogP contribution >= 0.6 is 11.6 Å². The third-order valence-electron chi connectivity index (χ3n) is 2.33. The Morgan fingerprint density at radius 2 is 2.11 bits per heavy atom. The molecule has 0 saturated carbocycles. The monoisotopic (exact) mass is 286 g/mol. The summed E-state index contributed by atoms with van der Waals surface area (Å²) in [7, 11) is -3.72. The summed E-state index contributed by atoms with van der Waals surface area (Å²) >= 11 is 5.81. The van der Waals surface area contributed by atoms with Crippen molar-refractivity contribution < 1.29 is 8.42 Å². The lowest BCUT2D eigenvalue weighted by Gasteiger charge is -2.08. The van der Waals surface area contributed by atoms with Gasteiger partial charge in [0.1, 0.15) is 4.90 Å². The number of nitrogens with zero attached hydrogens (tertiary/aromatic N) is 2. The number of anilines is 1. The van der Waals surface area contributed by atoms with Crippen molar-refractivity contribution in [3.8, 4) is 0 Å². The SMILES string of the molecule is Cc1n[nH]c(C)c1S(=O)(=O)Nc1cccnc1Cl. The molecule has 8 heteroatoms. The van der Waals surface area contributed by atoms with Crippen LogP contribution in [0.2, 0.25) is 5.15 Å². The van der Waals surface area contributed by atoms with E-state index < -0.39 is 10.0 Å². The predicted molar refractivity (Wildman–Crippen MR) is 68.1 cm³/mol. The van der Waals surface area contributed by atoms with Crippen molar-refractivity contribution >= 4 is 27.3 Å². The van der Waals surface area contributed by atoms with Crippen LogP contribution in [0.5, 0.6) is 0 Å². The summed E-state index contributed by atoms with van der Waals surface area (Å²) in [4.78, 5) is 3.93. The fourth-order valence-electron chi connectivity index (χ4n) is 1.59. The van der Waals surface area contributed by atoms with Gasteiger partial charge in [-0.25, -0.2) is 13.4 Å². The third kappa shape index (κ3) is 2.32. The van der Waals surface area contributed by atoms with Gasteiger partial charge < -0.3 is 0 Å². The number of halogens is 1. The van der Waals surface area contributed by atoms with Gasteiger partial charge in [0.15, 0.2) is 5.15 Å². The number of hydrogen-bond donors (Lipinski definition) is 2. The number of aromatic nitrogens is 3. The van der Waals surface area contributed by atoms with Crippen molar-refractivity contribution in [2.75, 3.05) is 4.72 Å². The maximum absolute atomic E-state index is 12.2. The summed E-state index contributed by atoms with van der Waals surface area (Å²) in [5.74, 6) is 0. The summed E-state index contributed by atoms with van der Waals surface area (Å²) < 4.78 is 26.8. The highest BCUT2D eigenvalue weighted by atomic mass is 35.5. The van der Waals surface area contributed by atoms with Crippen LogP contribution in [0.1, 0.15) is 11.4 Å². The summed E-state index contributed by atoms with van der Waals surface area (Å²) in [5, 5.41) is 6.58. The molecule has 2 aromatic rings. The number of nitrogens with one attached hydrogen (secondary N) is 2. The van der Waals surface area contributed by atoms with Gasteiger partial charge in [0.05, 0.1) is 17.1 Å². The molecule has 2 heterocycles. The Morgan fingerprint density at radius 1 is 1.39 bits per heavy atom.